The summed E-state index contributed by atoms with van der Waals surface area (Å²) < 4.78 is 34.3. The third kappa shape index (κ3) is 35.4. The molecule has 19 heteroatoms. The lowest BCUT2D eigenvalue weighted by molar-refractivity contribution is -0.379. The number of aliphatic hydroxyl groups is 11. The van der Waals surface area contributed by atoms with Crippen LogP contribution in [-0.2, 0) is 33.2 Å². The molecule has 3 saturated heterocycles. The molecule has 17 atom stereocenters. The van der Waals surface area contributed by atoms with E-state index in [1.165, 1.54) is 148 Å². The van der Waals surface area contributed by atoms with Crippen LogP contribution in [0, 0.1) is 0 Å². The predicted molar refractivity (Wildman–Crippen MR) is 355 cm³/mol. The first-order chi connectivity index (χ1) is 44.3. The van der Waals surface area contributed by atoms with Gasteiger partial charge in [0, 0.05) is 6.42 Å². The number of carbonyl (C=O) groups excluding carboxylic acids is 1. The van der Waals surface area contributed by atoms with E-state index in [0.717, 1.165) is 77.0 Å². The highest BCUT2D eigenvalue weighted by atomic mass is 16.8. The first-order valence-electron chi connectivity index (χ1n) is 36.0. The van der Waals surface area contributed by atoms with Crippen molar-refractivity contribution in [3.8, 4) is 0 Å². The highest BCUT2D eigenvalue weighted by Crippen LogP contribution is 2.33. The third-order valence-corrected chi connectivity index (χ3v) is 17.9. The van der Waals surface area contributed by atoms with Crippen molar-refractivity contribution in [2.45, 2.75) is 362 Å². The summed E-state index contributed by atoms with van der Waals surface area (Å²) in [4.78, 5) is 13.4. The molecule has 3 aliphatic heterocycles. The molecule has 3 heterocycles. The van der Waals surface area contributed by atoms with Gasteiger partial charge in [0.2, 0.25) is 5.91 Å². The molecule has 3 fully saturated rings. The van der Waals surface area contributed by atoms with Crippen LogP contribution in [0.4, 0.5) is 0 Å². The standard InChI is InChI=1S/C72H129NO18/c1-3-5-7-9-11-13-14-15-16-17-18-19-20-21-22-23-24-25-26-27-28-29-30-31-32-33-34-35-36-37-38-39-40-42-44-46-48-50-60(78)73-55(56(77)49-47-45-43-41-12-10-8-6-4-2)54-86-70-66(84)63(81)68(58(52-75)88-70)91-72-67(85)64(82)69(59(53-76)89-72)90-71-65(83)62(80)61(79)57(51-74)87-71/h5,7,11,13,15-16,18-19,21-22,55-59,61-72,74-77,79-85H,3-4,6,8-10,12,14,17,20,23-54H2,1-2H3,(H,73,78)/b7-5-,13-11-,16-15-,19-18-,22-21-. The van der Waals surface area contributed by atoms with Crippen molar-refractivity contribution >= 4 is 5.91 Å². The van der Waals surface area contributed by atoms with Gasteiger partial charge in [0.25, 0.3) is 0 Å². The minimum atomic E-state index is -1.97. The van der Waals surface area contributed by atoms with E-state index >= 15 is 0 Å². The fraction of sp³-hybridized carbons (Fsp3) is 0.847. The number of hydrogen-bond acceptors (Lipinski definition) is 18. The molecule has 0 aliphatic carbocycles. The summed E-state index contributed by atoms with van der Waals surface area (Å²) in [5.41, 5.74) is 0. The smallest absolute Gasteiger partial charge is 0.220 e. The zero-order valence-corrected chi connectivity index (χ0v) is 56.1. The fourth-order valence-corrected chi connectivity index (χ4v) is 12.0. The van der Waals surface area contributed by atoms with Gasteiger partial charge in [0.15, 0.2) is 18.9 Å². The molecule has 0 aromatic carbocycles. The SMILES string of the molecule is CC/C=C\C/C=C\C/C=C\C/C=C\C/C=C\CCCCCCCCCCCCCCCCCCCCCCCC(=O)NC(COC1OC(CO)C(OC2OC(CO)C(OC3OC(CO)C(O)C(O)C3O)C(O)C2O)C(O)C1O)C(O)CCCCCCCCCCC. The molecule has 530 valence electrons. The Morgan fingerprint density at radius 3 is 1.19 bits per heavy atom. The lowest BCUT2D eigenvalue weighted by atomic mass is 9.96. The first-order valence-corrected chi connectivity index (χ1v) is 36.0. The number of aliphatic hydroxyl groups excluding tert-OH is 11. The average molecular weight is 1300 g/mol. The zero-order chi connectivity index (χ0) is 66.1. The van der Waals surface area contributed by atoms with Crippen molar-refractivity contribution in [3.05, 3.63) is 60.8 Å². The lowest BCUT2D eigenvalue weighted by Crippen LogP contribution is -2.66. The highest BCUT2D eigenvalue weighted by Gasteiger charge is 2.53. The molecule has 3 rings (SSSR count). The second-order valence-electron chi connectivity index (χ2n) is 25.7. The molecular weight excluding hydrogens is 1170 g/mol. The monoisotopic (exact) mass is 1300 g/mol. The van der Waals surface area contributed by atoms with Gasteiger partial charge in [-0.15, -0.1) is 0 Å². The molecule has 0 radical (unpaired) electrons. The van der Waals surface area contributed by atoms with Crippen molar-refractivity contribution in [3.63, 3.8) is 0 Å². The van der Waals surface area contributed by atoms with Crippen LogP contribution in [0.3, 0.4) is 0 Å². The molecular formula is C72H129NO18. The largest absolute Gasteiger partial charge is 0.394 e. The molecule has 17 unspecified atom stereocenters. The van der Waals surface area contributed by atoms with Crippen molar-refractivity contribution in [1.82, 2.24) is 5.32 Å². The number of amides is 1. The van der Waals surface area contributed by atoms with E-state index in [9.17, 15) is 61.0 Å². The van der Waals surface area contributed by atoms with Gasteiger partial charge < -0.3 is 89.9 Å². The Bertz CT molecular complexity index is 1890. The Hall–Kier alpha value is -2.51. The van der Waals surface area contributed by atoms with Gasteiger partial charge >= 0.3 is 0 Å². The number of allylic oxidation sites excluding steroid dienone is 10. The maximum absolute atomic E-state index is 13.4. The lowest BCUT2D eigenvalue weighted by Gasteiger charge is -2.48. The second-order valence-corrected chi connectivity index (χ2v) is 25.7. The maximum atomic E-state index is 13.4. The summed E-state index contributed by atoms with van der Waals surface area (Å²) in [5, 5.41) is 120. The Balaban J connectivity index is 1.28. The van der Waals surface area contributed by atoms with Crippen molar-refractivity contribution in [2.75, 3.05) is 26.4 Å². The zero-order valence-electron chi connectivity index (χ0n) is 56.1. The molecule has 0 aromatic rings. The normalized spacial score (nSPS) is 28.2. The van der Waals surface area contributed by atoms with E-state index in [2.05, 4.69) is 79.9 Å². The number of hydrogen-bond donors (Lipinski definition) is 12. The van der Waals surface area contributed by atoms with Crippen LogP contribution in [0.15, 0.2) is 60.8 Å². The van der Waals surface area contributed by atoms with Crippen LogP contribution < -0.4 is 5.32 Å². The Labute approximate surface area is 547 Å². The minimum absolute atomic E-state index is 0.243. The number of rotatable bonds is 55. The molecule has 0 saturated carbocycles. The van der Waals surface area contributed by atoms with Crippen LogP contribution in [0.5, 0.6) is 0 Å². The van der Waals surface area contributed by atoms with Gasteiger partial charge in [-0.2, -0.15) is 0 Å². The highest BCUT2D eigenvalue weighted by molar-refractivity contribution is 5.76. The van der Waals surface area contributed by atoms with E-state index < -0.39 is 124 Å². The summed E-state index contributed by atoms with van der Waals surface area (Å²) in [7, 11) is 0. The van der Waals surface area contributed by atoms with Crippen molar-refractivity contribution < 1.29 is 89.4 Å². The number of unbranched alkanes of at least 4 members (excludes halogenated alkanes) is 29. The molecule has 0 aromatic heterocycles. The summed E-state index contributed by atoms with van der Waals surface area (Å²) >= 11 is 0. The molecule has 0 bridgehead atoms. The third-order valence-electron chi connectivity index (χ3n) is 17.9. The van der Waals surface area contributed by atoms with Gasteiger partial charge in [-0.3, -0.25) is 4.79 Å². The molecule has 91 heavy (non-hydrogen) atoms. The summed E-state index contributed by atoms with van der Waals surface area (Å²) in [6, 6.07) is -0.885. The van der Waals surface area contributed by atoms with E-state index in [1.807, 2.05) is 0 Å². The average Bonchev–Trinajstić information content (AvgIpc) is 0.826. The maximum Gasteiger partial charge on any atom is 0.220 e. The summed E-state index contributed by atoms with van der Waals surface area (Å²) in [5.74, 6) is -0.243. The van der Waals surface area contributed by atoms with Gasteiger partial charge in [0.05, 0.1) is 38.6 Å². The van der Waals surface area contributed by atoms with Gasteiger partial charge in [-0.1, -0.05) is 254 Å². The topological polar surface area (TPSA) is 307 Å². The molecule has 3 aliphatic rings. The van der Waals surface area contributed by atoms with Crippen LogP contribution in [0.2, 0.25) is 0 Å². The Kier molecular flexibility index (Phi) is 48.7. The van der Waals surface area contributed by atoms with Crippen molar-refractivity contribution in [1.29, 1.82) is 0 Å². The van der Waals surface area contributed by atoms with Gasteiger partial charge in [0.1, 0.15) is 73.2 Å². The van der Waals surface area contributed by atoms with E-state index in [0.29, 0.717) is 12.8 Å². The summed E-state index contributed by atoms with van der Waals surface area (Å²) in [6.45, 7) is 1.65. The number of carbonyl (C=O) groups is 1. The quantitative estimate of drug-likeness (QED) is 0.0199. The number of ether oxygens (including phenoxy) is 6. The van der Waals surface area contributed by atoms with Gasteiger partial charge in [-0.05, 0) is 57.8 Å². The van der Waals surface area contributed by atoms with E-state index in [1.54, 1.807) is 0 Å². The molecule has 12 N–H and O–H groups in total. The van der Waals surface area contributed by atoms with Crippen LogP contribution >= 0.6 is 0 Å². The van der Waals surface area contributed by atoms with Crippen LogP contribution in [0.25, 0.3) is 0 Å². The number of nitrogens with one attached hydrogen (secondary N) is 1. The Morgan fingerprint density at radius 2 is 0.758 bits per heavy atom. The van der Waals surface area contributed by atoms with Gasteiger partial charge in [-0.25, -0.2) is 0 Å². The summed E-state index contributed by atoms with van der Waals surface area (Å²) in [6.07, 6.45) is 39.3. The van der Waals surface area contributed by atoms with Crippen LogP contribution in [-0.4, -0.2) is 193 Å². The Morgan fingerprint density at radius 1 is 0.407 bits per heavy atom. The van der Waals surface area contributed by atoms with E-state index in [4.69, 9.17) is 28.4 Å². The first kappa shape index (κ1) is 82.7. The molecule has 1 amide bonds. The van der Waals surface area contributed by atoms with Crippen LogP contribution in [0.1, 0.15) is 258 Å². The van der Waals surface area contributed by atoms with Crippen molar-refractivity contribution in [2.24, 2.45) is 0 Å². The molecule has 0 spiro atoms. The minimum Gasteiger partial charge on any atom is -0.394 e. The molecule has 19 nitrogen and oxygen atoms in total. The fourth-order valence-electron chi connectivity index (χ4n) is 12.0. The van der Waals surface area contributed by atoms with E-state index in [-0.39, 0.29) is 18.9 Å². The second kappa shape index (κ2) is 53.6. The predicted octanol–water partition coefficient (Wildman–Crippen LogP) is 9.94.